The standard InChI is InChI=1S/C23H22FN5O/c1-3-28-11-17(12-28)20-6-7-21(27-26-20)18-5-4-15(9-22(18)30)16-8-19(24)23-25-14(2)10-29(23)13-16/h4-10,13,17,30H,3,11-12H2,1-2H3. The van der Waals surface area contributed by atoms with Crippen molar-refractivity contribution in [2.75, 3.05) is 19.6 Å². The first-order valence-electron chi connectivity index (χ1n) is 10.1. The fraction of sp³-hybridized carbons (Fsp3) is 0.261. The van der Waals surface area contributed by atoms with Gasteiger partial charge in [0.1, 0.15) is 5.75 Å². The molecule has 0 unspecified atom stereocenters. The average Bonchev–Trinajstić information content (AvgIpc) is 3.09. The number of aryl methyl sites for hydroxylation is 1. The van der Waals surface area contributed by atoms with E-state index < -0.39 is 5.82 Å². The Balaban J connectivity index is 1.42. The maximum Gasteiger partial charge on any atom is 0.173 e. The topological polar surface area (TPSA) is 66.6 Å². The first-order valence-corrected chi connectivity index (χ1v) is 10.1. The molecule has 4 aromatic rings. The minimum atomic E-state index is -0.400. The molecular weight excluding hydrogens is 381 g/mol. The predicted molar refractivity (Wildman–Crippen MR) is 113 cm³/mol. The molecule has 1 aliphatic heterocycles. The number of phenols is 1. The maximum atomic E-state index is 14.4. The number of imidazole rings is 1. The minimum Gasteiger partial charge on any atom is -0.507 e. The number of hydrogen-bond acceptors (Lipinski definition) is 5. The molecule has 0 atom stereocenters. The maximum absolute atomic E-state index is 14.4. The third-order valence-corrected chi connectivity index (χ3v) is 5.74. The fourth-order valence-corrected chi connectivity index (χ4v) is 3.98. The van der Waals surface area contributed by atoms with E-state index in [1.807, 2.05) is 25.1 Å². The number of benzene rings is 1. The quantitative estimate of drug-likeness (QED) is 0.557. The Labute approximate surface area is 173 Å². The summed E-state index contributed by atoms with van der Waals surface area (Å²) >= 11 is 0. The van der Waals surface area contributed by atoms with E-state index in [1.54, 1.807) is 28.9 Å². The highest BCUT2D eigenvalue weighted by Gasteiger charge is 2.28. The number of fused-ring (bicyclic) bond motifs is 1. The van der Waals surface area contributed by atoms with E-state index in [0.717, 1.165) is 31.0 Å². The zero-order valence-corrected chi connectivity index (χ0v) is 16.9. The second-order valence-corrected chi connectivity index (χ2v) is 7.81. The van der Waals surface area contributed by atoms with Gasteiger partial charge in [0.15, 0.2) is 11.5 Å². The number of likely N-dealkylation sites (tertiary alicyclic amines) is 1. The predicted octanol–water partition coefficient (Wildman–Crippen LogP) is 4.03. The molecule has 0 aliphatic carbocycles. The average molecular weight is 403 g/mol. The number of aromatic hydroxyl groups is 1. The highest BCUT2D eigenvalue weighted by molar-refractivity contribution is 5.74. The number of pyridine rings is 1. The smallest absolute Gasteiger partial charge is 0.173 e. The van der Waals surface area contributed by atoms with Crippen LogP contribution in [0.4, 0.5) is 4.39 Å². The molecule has 4 heterocycles. The molecule has 1 N–H and O–H groups in total. The van der Waals surface area contributed by atoms with Crippen molar-refractivity contribution in [3.63, 3.8) is 0 Å². The molecule has 30 heavy (non-hydrogen) atoms. The van der Waals surface area contributed by atoms with Gasteiger partial charge in [0.2, 0.25) is 0 Å². The zero-order valence-electron chi connectivity index (χ0n) is 16.9. The Hall–Kier alpha value is -3.32. The summed E-state index contributed by atoms with van der Waals surface area (Å²) in [6, 6.07) is 10.6. The van der Waals surface area contributed by atoms with Gasteiger partial charge in [0.25, 0.3) is 0 Å². The normalized spacial score (nSPS) is 14.9. The Morgan fingerprint density at radius 1 is 1.07 bits per heavy atom. The van der Waals surface area contributed by atoms with Gasteiger partial charge in [0.05, 0.1) is 17.1 Å². The van der Waals surface area contributed by atoms with Crippen LogP contribution in [0.3, 0.4) is 0 Å². The van der Waals surface area contributed by atoms with Gasteiger partial charge in [-0.05, 0) is 49.4 Å². The lowest BCUT2D eigenvalue weighted by atomic mass is 9.96. The molecule has 1 aromatic carbocycles. The van der Waals surface area contributed by atoms with Crippen molar-refractivity contribution < 1.29 is 9.50 Å². The Morgan fingerprint density at radius 3 is 2.60 bits per heavy atom. The third-order valence-electron chi connectivity index (χ3n) is 5.74. The lowest BCUT2D eigenvalue weighted by Crippen LogP contribution is -2.44. The van der Waals surface area contributed by atoms with Crippen LogP contribution in [0.1, 0.15) is 24.2 Å². The molecule has 1 fully saturated rings. The monoisotopic (exact) mass is 403 g/mol. The summed E-state index contributed by atoms with van der Waals surface area (Å²) in [5.74, 6) is 0.111. The molecular formula is C23H22FN5O. The second kappa shape index (κ2) is 7.18. The molecule has 6 nitrogen and oxygen atoms in total. The van der Waals surface area contributed by atoms with Crippen LogP contribution in [0.25, 0.3) is 28.0 Å². The van der Waals surface area contributed by atoms with Gasteiger partial charge in [-0.3, -0.25) is 0 Å². The van der Waals surface area contributed by atoms with E-state index in [9.17, 15) is 9.50 Å². The summed E-state index contributed by atoms with van der Waals surface area (Å²) < 4.78 is 16.1. The summed E-state index contributed by atoms with van der Waals surface area (Å²) in [5.41, 5.74) is 4.60. The van der Waals surface area contributed by atoms with E-state index in [0.29, 0.717) is 33.9 Å². The molecule has 0 radical (unpaired) electrons. The summed E-state index contributed by atoms with van der Waals surface area (Å²) in [4.78, 5) is 6.54. The van der Waals surface area contributed by atoms with Gasteiger partial charge >= 0.3 is 0 Å². The molecule has 0 spiro atoms. The lowest BCUT2D eigenvalue weighted by molar-refractivity contribution is 0.154. The Kier molecular flexibility index (Phi) is 4.47. The molecule has 0 bridgehead atoms. The number of likely N-dealkylation sites (N-methyl/N-ethyl adjacent to an activating group) is 1. The molecule has 5 rings (SSSR count). The lowest BCUT2D eigenvalue weighted by Gasteiger charge is -2.37. The van der Waals surface area contributed by atoms with Crippen molar-refractivity contribution >= 4 is 5.65 Å². The third kappa shape index (κ3) is 3.21. The van der Waals surface area contributed by atoms with E-state index in [2.05, 4.69) is 27.0 Å². The van der Waals surface area contributed by atoms with Gasteiger partial charge in [-0.25, -0.2) is 9.37 Å². The van der Waals surface area contributed by atoms with Crippen molar-refractivity contribution in [3.05, 3.63) is 66.0 Å². The largest absolute Gasteiger partial charge is 0.507 e. The van der Waals surface area contributed by atoms with Crippen molar-refractivity contribution in [1.29, 1.82) is 0 Å². The van der Waals surface area contributed by atoms with Gasteiger partial charge in [-0.2, -0.15) is 10.2 Å². The highest BCUT2D eigenvalue weighted by Crippen LogP contribution is 2.33. The second-order valence-electron chi connectivity index (χ2n) is 7.81. The van der Waals surface area contributed by atoms with Gasteiger partial charge in [-0.1, -0.05) is 13.0 Å². The molecule has 0 amide bonds. The summed E-state index contributed by atoms with van der Waals surface area (Å²) in [7, 11) is 0. The van der Waals surface area contributed by atoms with Crippen LogP contribution in [0.5, 0.6) is 5.75 Å². The van der Waals surface area contributed by atoms with E-state index in [4.69, 9.17) is 0 Å². The van der Waals surface area contributed by atoms with Crippen molar-refractivity contribution in [1.82, 2.24) is 24.5 Å². The summed E-state index contributed by atoms with van der Waals surface area (Å²) in [5, 5.41) is 19.3. The Morgan fingerprint density at radius 2 is 1.90 bits per heavy atom. The summed E-state index contributed by atoms with van der Waals surface area (Å²) in [6.45, 7) is 7.06. The Bertz CT molecular complexity index is 1230. The van der Waals surface area contributed by atoms with Crippen LogP contribution in [0.15, 0.2) is 48.8 Å². The van der Waals surface area contributed by atoms with Crippen molar-refractivity contribution in [3.8, 4) is 28.1 Å². The van der Waals surface area contributed by atoms with E-state index in [-0.39, 0.29) is 5.75 Å². The van der Waals surface area contributed by atoms with Crippen molar-refractivity contribution in [2.45, 2.75) is 19.8 Å². The number of halogens is 1. The number of hydrogen-bond donors (Lipinski definition) is 1. The first-order chi connectivity index (χ1) is 14.5. The number of rotatable bonds is 4. The first kappa shape index (κ1) is 18.7. The fourth-order valence-electron chi connectivity index (χ4n) is 3.98. The molecule has 0 saturated carbocycles. The van der Waals surface area contributed by atoms with Crippen LogP contribution in [-0.4, -0.2) is 49.2 Å². The van der Waals surface area contributed by atoms with Crippen LogP contribution < -0.4 is 0 Å². The number of aromatic nitrogens is 4. The number of nitrogens with zero attached hydrogens (tertiary/aromatic N) is 5. The van der Waals surface area contributed by atoms with E-state index in [1.165, 1.54) is 6.07 Å². The van der Waals surface area contributed by atoms with Crippen LogP contribution >= 0.6 is 0 Å². The zero-order chi connectivity index (χ0) is 20.8. The van der Waals surface area contributed by atoms with Crippen LogP contribution in [0.2, 0.25) is 0 Å². The summed E-state index contributed by atoms with van der Waals surface area (Å²) in [6.07, 6.45) is 3.58. The van der Waals surface area contributed by atoms with Crippen molar-refractivity contribution in [2.24, 2.45) is 0 Å². The van der Waals surface area contributed by atoms with Gasteiger partial charge in [-0.15, -0.1) is 0 Å². The van der Waals surface area contributed by atoms with E-state index >= 15 is 0 Å². The highest BCUT2D eigenvalue weighted by atomic mass is 19.1. The molecule has 3 aromatic heterocycles. The molecule has 7 heteroatoms. The SMILES string of the molecule is CCN1CC(c2ccc(-c3ccc(-c4cc(F)c5nc(C)cn5c4)cc3O)nn2)C1. The molecule has 152 valence electrons. The molecule has 1 saturated heterocycles. The van der Waals surface area contributed by atoms with Gasteiger partial charge < -0.3 is 14.4 Å². The van der Waals surface area contributed by atoms with Gasteiger partial charge in [0, 0.05) is 42.5 Å². The van der Waals surface area contributed by atoms with Crippen LogP contribution in [-0.2, 0) is 0 Å². The molecule has 1 aliphatic rings. The number of phenolic OH excluding ortho intramolecular Hbond substituents is 1. The minimum absolute atomic E-state index is 0.0812. The van der Waals surface area contributed by atoms with Crippen LogP contribution in [0, 0.1) is 12.7 Å².